The average molecular weight is 261 g/mol. The molecule has 1 aromatic carbocycles. The first-order valence-electron chi connectivity index (χ1n) is 6.13. The molecule has 0 aliphatic carbocycles. The number of carboxylic acid groups (broad SMARTS) is 1. The van der Waals surface area contributed by atoms with Crippen molar-refractivity contribution in [1.29, 1.82) is 0 Å². The summed E-state index contributed by atoms with van der Waals surface area (Å²) in [5, 5.41) is 8.80. The average Bonchev–Trinajstić information content (AvgIpc) is 2.37. The van der Waals surface area contributed by atoms with Gasteiger partial charge in [0.2, 0.25) is 5.91 Å². The van der Waals surface area contributed by atoms with Crippen LogP contribution in [-0.2, 0) is 9.59 Å². The highest BCUT2D eigenvalue weighted by atomic mass is 16.4. The van der Waals surface area contributed by atoms with Crippen molar-refractivity contribution in [2.75, 3.05) is 13.6 Å². The first-order valence-corrected chi connectivity index (χ1v) is 6.13. The number of aliphatic carboxylic acids is 1. The van der Waals surface area contributed by atoms with E-state index in [2.05, 4.69) is 0 Å². The van der Waals surface area contributed by atoms with Crippen LogP contribution in [0, 0.1) is 12.8 Å². The van der Waals surface area contributed by atoms with Gasteiger partial charge in [-0.1, -0.05) is 31.2 Å². The molecule has 0 saturated heterocycles. The number of carbonyl (C=O) groups excluding carboxylic acids is 1. The fraction of sp³-hybridized carbons (Fsp3) is 0.333. The van der Waals surface area contributed by atoms with Crippen molar-refractivity contribution in [3.63, 3.8) is 0 Å². The molecule has 1 rings (SSSR count). The summed E-state index contributed by atoms with van der Waals surface area (Å²) in [5.41, 5.74) is 2.07. The van der Waals surface area contributed by atoms with Crippen LogP contribution >= 0.6 is 0 Å². The highest BCUT2D eigenvalue weighted by molar-refractivity contribution is 5.92. The second-order valence-corrected chi connectivity index (χ2v) is 4.65. The van der Waals surface area contributed by atoms with Gasteiger partial charge in [-0.05, 0) is 24.1 Å². The Morgan fingerprint density at radius 1 is 1.37 bits per heavy atom. The van der Waals surface area contributed by atoms with Gasteiger partial charge < -0.3 is 10.0 Å². The molecule has 1 aromatic rings. The maximum absolute atomic E-state index is 11.8. The van der Waals surface area contributed by atoms with Gasteiger partial charge >= 0.3 is 5.97 Å². The number of hydrogen-bond donors (Lipinski definition) is 1. The normalized spacial score (nSPS) is 12.4. The van der Waals surface area contributed by atoms with Crippen LogP contribution in [0.3, 0.4) is 0 Å². The number of likely N-dealkylation sites (N-methyl/N-ethyl adjacent to an activating group) is 1. The molecular weight excluding hydrogens is 242 g/mol. The standard InChI is InChI=1S/C15H19NO3/c1-11-6-4-5-7-13(11)8-9-14(17)16(3)10-12(2)15(18)19/h4-9,12H,10H2,1-3H3,(H,18,19). The van der Waals surface area contributed by atoms with Crippen molar-refractivity contribution >= 4 is 18.0 Å². The van der Waals surface area contributed by atoms with Crippen molar-refractivity contribution in [3.05, 3.63) is 41.5 Å². The van der Waals surface area contributed by atoms with Crippen molar-refractivity contribution in [1.82, 2.24) is 4.90 Å². The van der Waals surface area contributed by atoms with Gasteiger partial charge in [-0.25, -0.2) is 0 Å². The molecule has 102 valence electrons. The number of rotatable bonds is 5. The largest absolute Gasteiger partial charge is 0.481 e. The Hall–Kier alpha value is -2.10. The summed E-state index contributed by atoms with van der Waals surface area (Å²) in [6.45, 7) is 3.75. The summed E-state index contributed by atoms with van der Waals surface area (Å²) >= 11 is 0. The molecule has 4 heteroatoms. The van der Waals surface area contributed by atoms with Gasteiger partial charge in [0.15, 0.2) is 0 Å². The molecule has 0 spiro atoms. The fourth-order valence-corrected chi connectivity index (χ4v) is 1.64. The summed E-state index contributed by atoms with van der Waals surface area (Å²) in [7, 11) is 1.60. The molecule has 1 N–H and O–H groups in total. The second kappa shape index (κ2) is 6.73. The van der Waals surface area contributed by atoms with E-state index < -0.39 is 11.9 Å². The van der Waals surface area contributed by atoms with E-state index in [9.17, 15) is 9.59 Å². The van der Waals surface area contributed by atoms with Crippen molar-refractivity contribution in [2.24, 2.45) is 5.92 Å². The maximum atomic E-state index is 11.8. The number of carboxylic acids is 1. The quantitative estimate of drug-likeness (QED) is 0.826. The van der Waals surface area contributed by atoms with Gasteiger partial charge in [-0.3, -0.25) is 9.59 Å². The third kappa shape index (κ3) is 4.58. The topological polar surface area (TPSA) is 57.6 Å². The summed E-state index contributed by atoms with van der Waals surface area (Å²) in [5.74, 6) is -1.67. The van der Waals surface area contributed by atoms with E-state index in [0.29, 0.717) is 0 Å². The number of nitrogens with zero attached hydrogens (tertiary/aromatic N) is 1. The predicted octanol–water partition coefficient (Wildman–Crippen LogP) is 2.19. The van der Waals surface area contributed by atoms with E-state index in [1.165, 1.54) is 11.0 Å². The molecule has 0 radical (unpaired) electrons. The second-order valence-electron chi connectivity index (χ2n) is 4.65. The Balaban J connectivity index is 2.64. The molecule has 1 unspecified atom stereocenters. The highest BCUT2D eigenvalue weighted by Gasteiger charge is 2.15. The first kappa shape index (κ1) is 15.0. The third-order valence-electron chi connectivity index (χ3n) is 2.94. The molecule has 0 saturated carbocycles. The minimum atomic E-state index is -0.900. The van der Waals surface area contributed by atoms with E-state index in [-0.39, 0.29) is 12.5 Å². The van der Waals surface area contributed by atoms with Crippen LogP contribution in [0.15, 0.2) is 30.3 Å². The fourth-order valence-electron chi connectivity index (χ4n) is 1.64. The van der Waals surface area contributed by atoms with Gasteiger partial charge in [0.1, 0.15) is 0 Å². The molecule has 0 heterocycles. The Morgan fingerprint density at radius 3 is 2.58 bits per heavy atom. The lowest BCUT2D eigenvalue weighted by atomic mass is 10.1. The summed E-state index contributed by atoms with van der Waals surface area (Å²) in [6, 6.07) is 7.75. The Morgan fingerprint density at radius 2 is 2.00 bits per heavy atom. The molecule has 1 amide bonds. The number of benzene rings is 1. The van der Waals surface area contributed by atoms with Crippen LogP contribution < -0.4 is 0 Å². The van der Waals surface area contributed by atoms with E-state index >= 15 is 0 Å². The van der Waals surface area contributed by atoms with Crippen LogP contribution in [0.25, 0.3) is 6.08 Å². The third-order valence-corrected chi connectivity index (χ3v) is 2.94. The molecule has 0 aromatic heterocycles. The van der Waals surface area contributed by atoms with E-state index in [4.69, 9.17) is 5.11 Å². The van der Waals surface area contributed by atoms with Gasteiger partial charge in [0.25, 0.3) is 0 Å². The van der Waals surface area contributed by atoms with E-state index in [1.54, 1.807) is 20.0 Å². The summed E-state index contributed by atoms with van der Waals surface area (Å²) in [4.78, 5) is 24.0. The zero-order valence-electron chi connectivity index (χ0n) is 11.5. The minimum absolute atomic E-state index is 0.198. The van der Waals surface area contributed by atoms with Gasteiger partial charge in [0.05, 0.1) is 5.92 Å². The number of hydrogen-bond acceptors (Lipinski definition) is 2. The van der Waals surface area contributed by atoms with E-state index in [0.717, 1.165) is 11.1 Å². The first-order chi connectivity index (χ1) is 8.91. The van der Waals surface area contributed by atoms with Crippen LogP contribution in [0.1, 0.15) is 18.1 Å². The van der Waals surface area contributed by atoms with Gasteiger partial charge in [-0.15, -0.1) is 0 Å². The van der Waals surface area contributed by atoms with Crippen LogP contribution in [0.5, 0.6) is 0 Å². The molecule has 0 fully saturated rings. The maximum Gasteiger partial charge on any atom is 0.308 e. The Kier molecular flexibility index (Phi) is 5.30. The molecule has 0 aliphatic rings. The van der Waals surface area contributed by atoms with Crippen molar-refractivity contribution < 1.29 is 14.7 Å². The SMILES string of the molecule is Cc1ccccc1C=CC(=O)N(C)CC(C)C(=O)O. The number of amides is 1. The summed E-state index contributed by atoms with van der Waals surface area (Å²) in [6.07, 6.45) is 3.22. The van der Waals surface area contributed by atoms with Crippen molar-refractivity contribution in [3.8, 4) is 0 Å². The molecular formula is C15H19NO3. The predicted molar refractivity (Wildman–Crippen MR) is 74.6 cm³/mol. The Bertz CT molecular complexity index is 494. The minimum Gasteiger partial charge on any atom is -0.481 e. The van der Waals surface area contributed by atoms with E-state index in [1.807, 2.05) is 31.2 Å². The summed E-state index contributed by atoms with van der Waals surface area (Å²) < 4.78 is 0. The molecule has 0 aliphatic heterocycles. The lowest BCUT2D eigenvalue weighted by Crippen LogP contribution is -2.32. The van der Waals surface area contributed by atoms with Crippen molar-refractivity contribution in [2.45, 2.75) is 13.8 Å². The van der Waals surface area contributed by atoms with Gasteiger partial charge in [-0.2, -0.15) is 0 Å². The Labute approximate surface area is 113 Å². The molecule has 4 nitrogen and oxygen atoms in total. The molecule has 19 heavy (non-hydrogen) atoms. The van der Waals surface area contributed by atoms with Crippen LogP contribution in [-0.4, -0.2) is 35.5 Å². The van der Waals surface area contributed by atoms with Gasteiger partial charge in [0, 0.05) is 19.7 Å². The monoisotopic (exact) mass is 261 g/mol. The molecule has 1 atom stereocenters. The van der Waals surface area contributed by atoms with Crippen LogP contribution in [0.2, 0.25) is 0 Å². The zero-order valence-corrected chi connectivity index (χ0v) is 11.5. The lowest BCUT2D eigenvalue weighted by Gasteiger charge is -2.17. The highest BCUT2D eigenvalue weighted by Crippen LogP contribution is 2.09. The number of aryl methyl sites for hydroxylation is 1. The zero-order chi connectivity index (χ0) is 14.4. The number of carbonyl (C=O) groups is 2. The van der Waals surface area contributed by atoms with Crippen LogP contribution in [0.4, 0.5) is 0 Å². The smallest absolute Gasteiger partial charge is 0.308 e. The lowest BCUT2D eigenvalue weighted by molar-refractivity contribution is -0.142. The molecule has 0 bridgehead atoms.